The Balaban J connectivity index is 2.03. The van der Waals surface area contributed by atoms with Crippen LogP contribution < -0.4 is 0 Å². The molecule has 1 saturated heterocycles. The number of aliphatic hydroxyl groups excluding tert-OH is 1. The summed E-state index contributed by atoms with van der Waals surface area (Å²) in [4.78, 5) is 2.64. The highest BCUT2D eigenvalue weighted by molar-refractivity contribution is 7.89. The Bertz CT molecular complexity index is 555. The fourth-order valence-electron chi connectivity index (χ4n) is 2.68. The van der Waals surface area contributed by atoms with Crippen molar-refractivity contribution in [2.75, 3.05) is 33.8 Å². The van der Waals surface area contributed by atoms with E-state index in [0.717, 1.165) is 38.0 Å². The lowest BCUT2D eigenvalue weighted by molar-refractivity contribution is 0.116. The molecule has 0 unspecified atom stereocenters. The normalized spacial score (nSPS) is 20.9. The van der Waals surface area contributed by atoms with E-state index in [-0.39, 0.29) is 6.61 Å². The van der Waals surface area contributed by atoms with Crippen LogP contribution in [-0.4, -0.2) is 56.5 Å². The van der Waals surface area contributed by atoms with Crippen LogP contribution in [0.3, 0.4) is 0 Å². The van der Waals surface area contributed by atoms with Gasteiger partial charge in [-0.2, -0.15) is 0 Å². The van der Waals surface area contributed by atoms with Gasteiger partial charge in [0.25, 0.3) is 0 Å². The number of sulfonamides is 1. The van der Waals surface area contributed by atoms with Crippen LogP contribution in [0.5, 0.6) is 0 Å². The SMILES string of the molecule is CN(C)S(=O)(=O)c1ccc(CN2CCC[C@H](CO)C2)cc1. The molecule has 0 spiro atoms. The standard InChI is InChI=1S/C15H24N2O3S/c1-16(2)21(19,20)15-7-5-13(6-8-15)10-17-9-3-4-14(11-17)12-18/h5-8,14,18H,3-4,9-12H2,1-2H3/t14-/m0/s1. The molecule has 5 nitrogen and oxygen atoms in total. The van der Waals surface area contributed by atoms with Gasteiger partial charge in [0, 0.05) is 33.8 Å². The zero-order valence-corrected chi connectivity index (χ0v) is 13.5. The molecule has 0 saturated carbocycles. The van der Waals surface area contributed by atoms with Crippen LogP contribution in [0.15, 0.2) is 29.2 Å². The van der Waals surface area contributed by atoms with Crippen molar-refractivity contribution >= 4 is 10.0 Å². The van der Waals surface area contributed by atoms with Crippen molar-refractivity contribution in [3.8, 4) is 0 Å². The third-order valence-electron chi connectivity index (χ3n) is 3.97. The number of aliphatic hydroxyl groups is 1. The largest absolute Gasteiger partial charge is 0.396 e. The number of nitrogens with zero attached hydrogens (tertiary/aromatic N) is 2. The van der Waals surface area contributed by atoms with Gasteiger partial charge in [-0.05, 0) is 43.0 Å². The Morgan fingerprint density at radius 2 is 1.95 bits per heavy atom. The Hall–Kier alpha value is -0.950. The average Bonchev–Trinajstić information content (AvgIpc) is 2.48. The van der Waals surface area contributed by atoms with Crippen LogP contribution in [0.4, 0.5) is 0 Å². The first kappa shape index (κ1) is 16.4. The summed E-state index contributed by atoms with van der Waals surface area (Å²) in [5.74, 6) is 0.368. The van der Waals surface area contributed by atoms with Gasteiger partial charge in [-0.15, -0.1) is 0 Å². The van der Waals surface area contributed by atoms with Gasteiger partial charge in [0.15, 0.2) is 0 Å². The van der Waals surface area contributed by atoms with Gasteiger partial charge in [-0.3, -0.25) is 4.90 Å². The zero-order valence-electron chi connectivity index (χ0n) is 12.7. The van der Waals surface area contributed by atoms with Crippen LogP contribution in [0.2, 0.25) is 0 Å². The molecule has 21 heavy (non-hydrogen) atoms. The minimum absolute atomic E-state index is 0.247. The molecule has 1 aromatic rings. The minimum Gasteiger partial charge on any atom is -0.396 e. The molecule has 2 rings (SSSR count). The van der Waals surface area contributed by atoms with E-state index < -0.39 is 10.0 Å². The first-order valence-corrected chi connectivity index (χ1v) is 8.72. The molecule has 1 N–H and O–H groups in total. The van der Waals surface area contributed by atoms with Crippen molar-refractivity contribution in [2.24, 2.45) is 5.92 Å². The van der Waals surface area contributed by atoms with Gasteiger partial charge in [0.2, 0.25) is 10.0 Å². The maximum absolute atomic E-state index is 12.0. The summed E-state index contributed by atoms with van der Waals surface area (Å²) in [6.45, 7) is 3.00. The van der Waals surface area contributed by atoms with Crippen molar-refractivity contribution in [3.63, 3.8) is 0 Å². The fraction of sp³-hybridized carbons (Fsp3) is 0.600. The second kappa shape index (κ2) is 6.87. The van der Waals surface area contributed by atoms with Crippen LogP contribution >= 0.6 is 0 Å². The summed E-state index contributed by atoms with van der Waals surface area (Å²) < 4.78 is 25.2. The van der Waals surface area contributed by atoms with Crippen LogP contribution in [0.25, 0.3) is 0 Å². The monoisotopic (exact) mass is 312 g/mol. The van der Waals surface area contributed by atoms with Gasteiger partial charge in [0.05, 0.1) is 4.90 Å². The summed E-state index contributed by atoms with van der Waals surface area (Å²) >= 11 is 0. The summed E-state index contributed by atoms with van der Waals surface area (Å²) in [6.07, 6.45) is 2.20. The highest BCUT2D eigenvalue weighted by Gasteiger charge is 2.20. The number of piperidine rings is 1. The molecule has 1 heterocycles. The molecular weight excluding hydrogens is 288 g/mol. The molecule has 1 aliphatic heterocycles. The van der Waals surface area contributed by atoms with E-state index in [1.807, 2.05) is 12.1 Å². The predicted octanol–water partition coefficient (Wildman–Crippen LogP) is 1.14. The molecule has 118 valence electrons. The summed E-state index contributed by atoms with van der Waals surface area (Å²) in [6, 6.07) is 7.08. The Morgan fingerprint density at radius 3 is 2.52 bits per heavy atom. The third-order valence-corrected chi connectivity index (χ3v) is 5.80. The minimum atomic E-state index is -3.35. The first-order chi connectivity index (χ1) is 9.93. The van der Waals surface area contributed by atoms with Crippen molar-refractivity contribution < 1.29 is 13.5 Å². The molecule has 1 fully saturated rings. The Morgan fingerprint density at radius 1 is 1.29 bits per heavy atom. The number of benzene rings is 1. The molecule has 1 atom stereocenters. The van der Waals surface area contributed by atoms with Gasteiger partial charge in [-0.1, -0.05) is 12.1 Å². The Labute approximate surface area is 127 Å². The van der Waals surface area contributed by atoms with Crippen molar-refractivity contribution in [1.29, 1.82) is 0 Å². The van der Waals surface area contributed by atoms with Crippen molar-refractivity contribution in [3.05, 3.63) is 29.8 Å². The second-order valence-corrected chi connectivity index (χ2v) is 8.01. The third kappa shape index (κ3) is 4.03. The number of hydrogen-bond donors (Lipinski definition) is 1. The lowest BCUT2D eigenvalue weighted by Gasteiger charge is -2.31. The van der Waals surface area contributed by atoms with Gasteiger partial charge >= 0.3 is 0 Å². The summed E-state index contributed by atoms with van der Waals surface area (Å²) in [5.41, 5.74) is 1.10. The summed E-state index contributed by atoms with van der Waals surface area (Å²) in [5, 5.41) is 9.25. The highest BCUT2D eigenvalue weighted by atomic mass is 32.2. The number of rotatable bonds is 5. The lowest BCUT2D eigenvalue weighted by Crippen LogP contribution is -2.36. The maximum Gasteiger partial charge on any atom is 0.242 e. The van der Waals surface area contributed by atoms with Gasteiger partial charge in [-0.25, -0.2) is 12.7 Å². The zero-order chi connectivity index (χ0) is 15.5. The quantitative estimate of drug-likeness (QED) is 0.886. The van der Waals surface area contributed by atoms with E-state index in [0.29, 0.717) is 10.8 Å². The van der Waals surface area contributed by atoms with Crippen molar-refractivity contribution in [2.45, 2.75) is 24.3 Å². The van der Waals surface area contributed by atoms with Crippen molar-refractivity contribution in [1.82, 2.24) is 9.21 Å². The molecule has 1 aromatic carbocycles. The molecular formula is C15H24N2O3S. The number of hydrogen-bond acceptors (Lipinski definition) is 4. The van der Waals surface area contributed by atoms with E-state index in [1.165, 1.54) is 18.4 Å². The topological polar surface area (TPSA) is 60.9 Å². The lowest BCUT2D eigenvalue weighted by atomic mass is 9.98. The van der Waals surface area contributed by atoms with E-state index in [4.69, 9.17) is 0 Å². The van der Waals surface area contributed by atoms with E-state index in [2.05, 4.69) is 4.90 Å². The second-order valence-electron chi connectivity index (χ2n) is 5.86. The molecule has 0 bridgehead atoms. The van der Waals surface area contributed by atoms with Crippen LogP contribution in [-0.2, 0) is 16.6 Å². The smallest absolute Gasteiger partial charge is 0.242 e. The number of likely N-dealkylation sites (tertiary alicyclic amines) is 1. The molecule has 0 amide bonds. The van der Waals surface area contributed by atoms with Gasteiger partial charge < -0.3 is 5.11 Å². The molecule has 0 aromatic heterocycles. The maximum atomic E-state index is 12.0. The van der Waals surface area contributed by atoms with E-state index >= 15 is 0 Å². The molecule has 0 aliphatic carbocycles. The van der Waals surface area contributed by atoms with Crippen LogP contribution in [0.1, 0.15) is 18.4 Å². The highest BCUT2D eigenvalue weighted by Crippen LogP contribution is 2.19. The first-order valence-electron chi connectivity index (χ1n) is 7.28. The fourth-order valence-corrected chi connectivity index (χ4v) is 3.58. The van der Waals surface area contributed by atoms with E-state index in [1.54, 1.807) is 12.1 Å². The predicted molar refractivity (Wildman–Crippen MR) is 82.4 cm³/mol. The molecule has 6 heteroatoms. The average molecular weight is 312 g/mol. The van der Waals surface area contributed by atoms with Gasteiger partial charge in [0.1, 0.15) is 0 Å². The van der Waals surface area contributed by atoms with Crippen LogP contribution in [0, 0.1) is 5.92 Å². The molecule has 1 aliphatic rings. The van der Waals surface area contributed by atoms with E-state index in [9.17, 15) is 13.5 Å². The summed E-state index contributed by atoms with van der Waals surface area (Å²) in [7, 11) is -0.285. The Kier molecular flexibility index (Phi) is 5.37. The molecule has 0 radical (unpaired) electrons.